The summed E-state index contributed by atoms with van der Waals surface area (Å²) in [6.07, 6.45) is 1.85. The van der Waals surface area contributed by atoms with Crippen LogP contribution in [0.2, 0.25) is 0 Å². The van der Waals surface area contributed by atoms with E-state index in [1.165, 1.54) is 5.56 Å². The quantitative estimate of drug-likeness (QED) is 0.746. The molecule has 2 aromatic carbocycles. The van der Waals surface area contributed by atoms with E-state index in [1.54, 1.807) is 0 Å². The number of aromatic nitrogens is 2. The van der Waals surface area contributed by atoms with Gasteiger partial charge in [-0.1, -0.05) is 35.9 Å². The first-order chi connectivity index (χ1) is 12.6. The third-order valence-electron chi connectivity index (χ3n) is 5.52. The zero-order valence-corrected chi connectivity index (χ0v) is 15.6. The van der Waals surface area contributed by atoms with Crippen molar-refractivity contribution < 1.29 is 5.11 Å². The number of hydrogen-bond acceptors (Lipinski definition) is 3. The van der Waals surface area contributed by atoms with Crippen molar-refractivity contribution in [1.29, 1.82) is 0 Å². The molecule has 0 bridgehead atoms. The Morgan fingerprint density at radius 1 is 1.23 bits per heavy atom. The van der Waals surface area contributed by atoms with Gasteiger partial charge in [0.1, 0.15) is 5.82 Å². The molecule has 4 heteroatoms. The van der Waals surface area contributed by atoms with Crippen molar-refractivity contribution in [1.82, 2.24) is 14.9 Å². The van der Waals surface area contributed by atoms with Crippen LogP contribution in [0.5, 0.6) is 0 Å². The summed E-state index contributed by atoms with van der Waals surface area (Å²) in [6.45, 7) is 6.82. The van der Waals surface area contributed by atoms with Crippen LogP contribution in [-0.4, -0.2) is 39.6 Å². The van der Waals surface area contributed by atoms with Crippen LogP contribution >= 0.6 is 0 Å². The molecule has 0 aliphatic carbocycles. The minimum absolute atomic E-state index is 0.405. The number of aliphatic hydroxyl groups excluding tert-OH is 1. The number of para-hydroxylation sites is 2. The fraction of sp³-hybridized carbons (Fsp3) is 0.409. The number of aryl methyl sites for hydroxylation is 2. The van der Waals surface area contributed by atoms with Crippen molar-refractivity contribution in [3.8, 4) is 0 Å². The van der Waals surface area contributed by atoms with Gasteiger partial charge in [-0.25, -0.2) is 4.98 Å². The van der Waals surface area contributed by atoms with E-state index in [0.29, 0.717) is 12.5 Å². The van der Waals surface area contributed by atoms with Gasteiger partial charge in [0, 0.05) is 19.0 Å². The molecular formula is C22H27N3O. The van der Waals surface area contributed by atoms with Gasteiger partial charge in [-0.3, -0.25) is 4.90 Å². The summed E-state index contributed by atoms with van der Waals surface area (Å²) in [6, 6.07) is 14.5. The number of H-pyrrole nitrogens is 1. The zero-order chi connectivity index (χ0) is 18.1. The average molecular weight is 349 g/mol. The molecule has 0 spiro atoms. The Kier molecular flexibility index (Phi) is 4.79. The Hall–Kier alpha value is -2.17. The topological polar surface area (TPSA) is 52.1 Å². The number of β-amino-alcohol motifs (C(OH)–C–C–N with tert-alkyl or cyclic N) is 1. The van der Waals surface area contributed by atoms with E-state index in [1.807, 2.05) is 12.1 Å². The molecule has 1 fully saturated rings. The van der Waals surface area contributed by atoms with E-state index in [-0.39, 0.29) is 0 Å². The molecule has 4 rings (SSSR count). The van der Waals surface area contributed by atoms with Crippen LogP contribution in [0.15, 0.2) is 42.5 Å². The minimum Gasteiger partial charge on any atom is -0.387 e. The molecule has 2 atom stereocenters. The molecule has 2 N–H and O–H groups in total. The van der Waals surface area contributed by atoms with Crippen LogP contribution in [0.25, 0.3) is 11.0 Å². The molecule has 2 unspecified atom stereocenters. The van der Waals surface area contributed by atoms with Crippen LogP contribution in [0, 0.1) is 13.8 Å². The van der Waals surface area contributed by atoms with Gasteiger partial charge in [-0.2, -0.15) is 0 Å². The number of aliphatic hydroxyl groups is 1. The number of fused-ring (bicyclic) bond motifs is 1. The van der Waals surface area contributed by atoms with Crippen molar-refractivity contribution in [2.45, 2.75) is 38.7 Å². The third-order valence-corrected chi connectivity index (χ3v) is 5.52. The maximum Gasteiger partial charge on any atom is 0.111 e. The summed E-state index contributed by atoms with van der Waals surface area (Å²) in [7, 11) is 0. The van der Waals surface area contributed by atoms with Gasteiger partial charge in [0.15, 0.2) is 0 Å². The Bertz CT molecular complexity index is 868. The number of nitrogens with zero attached hydrogens (tertiary/aromatic N) is 2. The number of nitrogens with one attached hydrogen (secondary N) is 1. The molecule has 26 heavy (non-hydrogen) atoms. The third kappa shape index (κ3) is 3.53. The molecule has 2 heterocycles. The van der Waals surface area contributed by atoms with Gasteiger partial charge in [0.25, 0.3) is 0 Å². The molecule has 1 aromatic heterocycles. The lowest BCUT2D eigenvalue weighted by atomic mass is 9.95. The SMILES string of the molecule is Cc1ccc(C)c(C(O)CN2CCCC(c3nc4ccccc4[nH]3)C2)c1. The van der Waals surface area contributed by atoms with Crippen LogP contribution in [0.4, 0.5) is 0 Å². The van der Waals surface area contributed by atoms with E-state index >= 15 is 0 Å². The van der Waals surface area contributed by atoms with E-state index in [9.17, 15) is 5.11 Å². The number of benzene rings is 2. The number of rotatable bonds is 4. The molecular weight excluding hydrogens is 322 g/mol. The lowest BCUT2D eigenvalue weighted by Gasteiger charge is -2.33. The first-order valence-corrected chi connectivity index (χ1v) is 9.52. The smallest absolute Gasteiger partial charge is 0.111 e. The number of piperidine rings is 1. The van der Waals surface area contributed by atoms with Crippen molar-refractivity contribution in [2.75, 3.05) is 19.6 Å². The normalized spacial score (nSPS) is 19.7. The van der Waals surface area contributed by atoms with E-state index < -0.39 is 6.10 Å². The molecule has 136 valence electrons. The van der Waals surface area contributed by atoms with E-state index in [4.69, 9.17) is 4.98 Å². The predicted molar refractivity (Wildman–Crippen MR) is 105 cm³/mol. The Morgan fingerprint density at radius 3 is 2.92 bits per heavy atom. The summed E-state index contributed by atoms with van der Waals surface area (Å²) in [5, 5.41) is 10.8. The standard InChI is InChI=1S/C22H27N3O/c1-15-9-10-16(2)18(12-15)21(26)14-25-11-5-6-17(13-25)22-23-19-7-3-4-8-20(19)24-22/h3-4,7-10,12,17,21,26H,5-6,11,13-14H2,1-2H3,(H,23,24). The van der Waals surface area contributed by atoms with Crippen molar-refractivity contribution in [3.05, 3.63) is 65.0 Å². The highest BCUT2D eigenvalue weighted by atomic mass is 16.3. The number of aromatic amines is 1. The predicted octanol–water partition coefficient (Wildman–Crippen LogP) is 4.09. The number of likely N-dealkylation sites (tertiary alicyclic amines) is 1. The highest BCUT2D eigenvalue weighted by molar-refractivity contribution is 5.74. The maximum absolute atomic E-state index is 10.8. The van der Waals surface area contributed by atoms with Crippen molar-refractivity contribution in [2.24, 2.45) is 0 Å². The monoisotopic (exact) mass is 349 g/mol. The lowest BCUT2D eigenvalue weighted by molar-refractivity contribution is 0.0942. The van der Waals surface area contributed by atoms with Crippen molar-refractivity contribution >= 4 is 11.0 Å². The number of hydrogen-bond donors (Lipinski definition) is 2. The Morgan fingerprint density at radius 2 is 2.08 bits per heavy atom. The Balaban J connectivity index is 1.47. The van der Waals surface area contributed by atoms with Gasteiger partial charge >= 0.3 is 0 Å². The summed E-state index contributed by atoms with van der Waals surface area (Å²) in [4.78, 5) is 10.7. The molecule has 1 aliphatic heterocycles. The van der Waals surface area contributed by atoms with Gasteiger partial charge in [-0.15, -0.1) is 0 Å². The fourth-order valence-corrected chi connectivity index (χ4v) is 4.07. The van der Waals surface area contributed by atoms with Gasteiger partial charge in [0.05, 0.1) is 17.1 Å². The molecule has 4 nitrogen and oxygen atoms in total. The van der Waals surface area contributed by atoms with Crippen LogP contribution in [0.1, 0.15) is 47.4 Å². The largest absolute Gasteiger partial charge is 0.387 e. The minimum atomic E-state index is -0.440. The van der Waals surface area contributed by atoms with Gasteiger partial charge < -0.3 is 10.1 Å². The zero-order valence-electron chi connectivity index (χ0n) is 15.6. The second-order valence-electron chi connectivity index (χ2n) is 7.61. The molecule has 0 saturated carbocycles. The summed E-state index contributed by atoms with van der Waals surface area (Å²) in [5.41, 5.74) is 5.55. The Labute approximate surface area is 154 Å². The first-order valence-electron chi connectivity index (χ1n) is 9.52. The summed E-state index contributed by atoms with van der Waals surface area (Å²) >= 11 is 0. The second-order valence-corrected chi connectivity index (χ2v) is 7.61. The average Bonchev–Trinajstić information content (AvgIpc) is 3.08. The molecule has 0 amide bonds. The molecule has 1 saturated heterocycles. The van der Waals surface area contributed by atoms with Crippen molar-refractivity contribution in [3.63, 3.8) is 0 Å². The van der Waals surface area contributed by atoms with Gasteiger partial charge in [0.2, 0.25) is 0 Å². The second kappa shape index (κ2) is 7.22. The highest BCUT2D eigenvalue weighted by Crippen LogP contribution is 2.28. The first kappa shape index (κ1) is 17.3. The highest BCUT2D eigenvalue weighted by Gasteiger charge is 2.25. The molecule has 0 radical (unpaired) electrons. The van der Waals surface area contributed by atoms with Gasteiger partial charge in [-0.05, 0) is 56.5 Å². The summed E-state index contributed by atoms with van der Waals surface area (Å²) in [5.74, 6) is 1.49. The van der Waals surface area contributed by atoms with Crippen LogP contribution in [-0.2, 0) is 0 Å². The van der Waals surface area contributed by atoms with Crippen LogP contribution < -0.4 is 0 Å². The fourth-order valence-electron chi connectivity index (χ4n) is 4.07. The van der Waals surface area contributed by atoms with E-state index in [0.717, 1.165) is 53.9 Å². The molecule has 3 aromatic rings. The van der Waals surface area contributed by atoms with Crippen LogP contribution in [0.3, 0.4) is 0 Å². The number of imidazole rings is 1. The molecule has 1 aliphatic rings. The van der Waals surface area contributed by atoms with E-state index in [2.05, 4.69) is 54.1 Å². The summed E-state index contributed by atoms with van der Waals surface area (Å²) < 4.78 is 0. The maximum atomic E-state index is 10.8. The lowest BCUT2D eigenvalue weighted by Crippen LogP contribution is -2.37.